The van der Waals surface area contributed by atoms with Crippen molar-refractivity contribution in [3.05, 3.63) is 30.3 Å². The van der Waals surface area contributed by atoms with Crippen LogP contribution in [0, 0.1) is 0 Å². The molecular weight excluding hydrogens is 278 g/mol. The maximum Gasteiger partial charge on any atom is 0.353 e. The Hall–Kier alpha value is -1.90. The van der Waals surface area contributed by atoms with Gasteiger partial charge in [-0.2, -0.15) is 13.5 Å². The second-order valence-electron chi connectivity index (χ2n) is 3.70. The highest BCUT2D eigenvalue weighted by molar-refractivity contribution is 7.92. The van der Waals surface area contributed by atoms with E-state index in [-0.39, 0.29) is 5.69 Å². The molecule has 1 heterocycles. The average molecular weight is 288 g/mol. The Labute approximate surface area is 108 Å². The summed E-state index contributed by atoms with van der Waals surface area (Å²) in [6.45, 7) is 1.08. The third kappa shape index (κ3) is 2.21. The second-order valence-corrected chi connectivity index (χ2v) is 5.67. The molecule has 0 saturated heterocycles. The fourth-order valence-corrected chi connectivity index (χ4v) is 2.56. The Morgan fingerprint density at radius 3 is 2.47 bits per heavy atom. The van der Waals surface area contributed by atoms with E-state index < -0.39 is 26.7 Å². The van der Waals surface area contributed by atoms with E-state index in [1.165, 1.54) is 12.1 Å². The Morgan fingerprint density at radius 2 is 1.89 bits per heavy atom. The van der Waals surface area contributed by atoms with Crippen LogP contribution in [0.3, 0.4) is 0 Å². The zero-order valence-electron chi connectivity index (χ0n) is 9.86. The van der Waals surface area contributed by atoms with Crippen LogP contribution in [0.5, 0.6) is 0 Å². The molecule has 0 saturated carbocycles. The van der Waals surface area contributed by atoms with E-state index in [1.807, 2.05) is 0 Å². The van der Waals surface area contributed by atoms with E-state index >= 15 is 0 Å². The number of hydrogen-bond donors (Lipinski definition) is 0. The van der Waals surface area contributed by atoms with E-state index in [1.54, 1.807) is 18.2 Å². The smallest absolute Gasteiger partial charge is 0.214 e. The van der Waals surface area contributed by atoms with Crippen LogP contribution in [0.25, 0.3) is 5.69 Å². The molecule has 0 unspecified atom stereocenters. The maximum atomic E-state index is 13.5. The molecule has 0 atom stereocenters. The van der Waals surface area contributed by atoms with Crippen molar-refractivity contribution < 1.29 is 17.2 Å². The van der Waals surface area contributed by atoms with Crippen molar-refractivity contribution >= 4 is 9.84 Å². The largest absolute Gasteiger partial charge is 0.353 e. The van der Waals surface area contributed by atoms with Crippen molar-refractivity contribution in [1.29, 1.82) is 0 Å². The van der Waals surface area contributed by atoms with Crippen LogP contribution in [0.4, 0.5) is 8.78 Å². The maximum absolute atomic E-state index is 13.5. The number of halogens is 2. The molecule has 1 aromatic carbocycles. The third-order valence-corrected chi connectivity index (χ3v) is 4.30. The quantitative estimate of drug-likeness (QED) is 0.850. The predicted octanol–water partition coefficient (Wildman–Crippen LogP) is 1.44. The van der Waals surface area contributed by atoms with Crippen LogP contribution in [-0.2, 0) is 9.84 Å². The first kappa shape index (κ1) is 13.5. The van der Waals surface area contributed by atoms with Gasteiger partial charge in [0, 0.05) is 6.42 Å². The lowest BCUT2D eigenvalue weighted by Crippen LogP contribution is -2.30. The van der Waals surface area contributed by atoms with Gasteiger partial charge in [-0.3, -0.25) is 0 Å². The van der Waals surface area contributed by atoms with Gasteiger partial charge in [-0.15, -0.1) is 0 Å². The lowest BCUT2D eigenvalue weighted by molar-refractivity contribution is 0.0869. The number of tetrazole rings is 1. The molecule has 19 heavy (non-hydrogen) atoms. The van der Waals surface area contributed by atoms with Crippen molar-refractivity contribution in [1.82, 2.24) is 20.2 Å². The number of hydrogen-bond acceptors (Lipinski definition) is 5. The normalized spacial score (nSPS) is 12.6. The fourth-order valence-electron chi connectivity index (χ4n) is 1.40. The van der Waals surface area contributed by atoms with Gasteiger partial charge >= 0.3 is 5.25 Å². The lowest BCUT2D eigenvalue weighted by atomic mass is 10.3. The number of alkyl halides is 2. The van der Waals surface area contributed by atoms with Crippen LogP contribution in [0.1, 0.15) is 13.3 Å². The zero-order chi connectivity index (χ0) is 14.1. The van der Waals surface area contributed by atoms with Gasteiger partial charge in [-0.25, -0.2) is 8.42 Å². The van der Waals surface area contributed by atoms with E-state index in [9.17, 15) is 17.2 Å². The van der Waals surface area contributed by atoms with Gasteiger partial charge in [0.1, 0.15) is 0 Å². The minimum Gasteiger partial charge on any atom is -0.214 e. The Morgan fingerprint density at radius 1 is 1.26 bits per heavy atom. The van der Waals surface area contributed by atoms with E-state index in [2.05, 4.69) is 15.5 Å². The molecule has 0 N–H and O–H groups in total. The van der Waals surface area contributed by atoms with Gasteiger partial charge in [0.2, 0.25) is 0 Å². The summed E-state index contributed by atoms with van der Waals surface area (Å²) in [5.41, 5.74) is 0.290. The van der Waals surface area contributed by atoms with Crippen molar-refractivity contribution in [2.75, 3.05) is 0 Å². The summed E-state index contributed by atoms with van der Waals surface area (Å²) < 4.78 is 51.4. The lowest BCUT2D eigenvalue weighted by Gasteiger charge is -2.13. The topological polar surface area (TPSA) is 77.7 Å². The molecule has 2 aromatic rings. The Bertz CT molecular complexity index is 670. The molecule has 1 aromatic heterocycles. The summed E-state index contributed by atoms with van der Waals surface area (Å²) >= 11 is 0. The second kappa shape index (κ2) is 4.65. The summed E-state index contributed by atoms with van der Waals surface area (Å²) in [4.78, 5) is 0. The van der Waals surface area contributed by atoms with Gasteiger partial charge in [-0.1, -0.05) is 30.2 Å². The van der Waals surface area contributed by atoms with Crippen LogP contribution in [0.2, 0.25) is 0 Å². The van der Waals surface area contributed by atoms with E-state index in [4.69, 9.17) is 0 Å². The summed E-state index contributed by atoms with van der Waals surface area (Å²) in [5, 5.41) is 5.04. The van der Waals surface area contributed by atoms with Crippen LogP contribution >= 0.6 is 0 Å². The van der Waals surface area contributed by atoms with Crippen molar-refractivity contribution in [2.45, 2.75) is 23.8 Å². The standard InChI is InChI=1S/C10H10F2N4O2S/c1-2-10(11,12)19(17,18)9-13-14-15-16(9)8-6-4-3-5-7-8/h3-7H,2H2,1H3. The highest BCUT2D eigenvalue weighted by Crippen LogP contribution is 2.31. The number of rotatable bonds is 4. The van der Waals surface area contributed by atoms with Crippen molar-refractivity contribution in [2.24, 2.45) is 0 Å². The van der Waals surface area contributed by atoms with Gasteiger partial charge in [-0.05, 0) is 22.6 Å². The summed E-state index contributed by atoms with van der Waals surface area (Å²) in [6.07, 6.45) is -0.850. The van der Waals surface area contributed by atoms with Gasteiger partial charge in [0.25, 0.3) is 15.0 Å². The molecule has 9 heteroatoms. The van der Waals surface area contributed by atoms with Gasteiger partial charge in [0.05, 0.1) is 5.69 Å². The number of nitrogens with zero attached hydrogens (tertiary/aromatic N) is 4. The van der Waals surface area contributed by atoms with Crippen molar-refractivity contribution in [3.8, 4) is 5.69 Å². The molecule has 6 nitrogen and oxygen atoms in total. The Kier molecular flexibility index (Phi) is 3.31. The molecular formula is C10H10F2N4O2S. The van der Waals surface area contributed by atoms with Crippen LogP contribution < -0.4 is 0 Å². The molecule has 0 bridgehead atoms. The van der Waals surface area contributed by atoms with E-state index in [0.29, 0.717) is 0 Å². The predicted molar refractivity (Wildman–Crippen MR) is 61.6 cm³/mol. The van der Waals surface area contributed by atoms with Crippen LogP contribution in [0.15, 0.2) is 35.5 Å². The first-order valence-electron chi connectivity index (χ1n) is 5.36. The minimum absolute atomic E-state index is 0.290. The molecule has 0 amide bonds. The highest BCUT2D eigenvalue weighted by atomic mass is 32.2. The summed E-state index contributed by atoms with van der Waals surface area (Å²) in [7, 11) is -4.93. The van der Waals surface area contributed by atoms with Crippen molar-refractivity contribution in [3.63, 3.8) is 0 Å². The molecule has 2 rings (SSSR count). The zero-order valence-corrected chi connectivity index (χ0v) is 10.7. The molecule has 102 valence electrons. The minimum atomic E-state index is -4.93. The molecule has 0 spiro atoms. The van der Waals surface area contributed by atoms with E-state index in [0.717, 1.165) is 11.6 Å². The van der Waals surface area contributed by atoms with Crippen LogP contribution in [-0.4, -0.2) is 33.9 Å². The first-order valence-corrected chi connectivity index (χ1v) is 6.84. The molecule has 0 aliphatic carbocycles. The van der Waals surface area contributed by atoms with Gasteiger partial charge in [0.15, 0.2) is 0 Å². The average Bonchev–Trinajstić information content (AvgIpc) is 2.89. The molecule has 0 aliphatic heterocycles. The highest BCUT2D eigenvalue weighted by Gasteiger charge is 2.47. The number of aromatic nitrogens is 4. The SMILES string of the molecule is CCC(F)(F)S(=O)(=O)c1nnnn1-c1ccccc1. The molecule has 0 radical (unpaired) electrons. The monoisotopic (exact) mass is 288 g/mol. The number of benzene rings is 1. The first-order chi connectivity index (χ1) is 8.90. The summed E-state index contributed by atoms with van der Waals surface area (Å²) in [6, 6.07) is 7.96. The number of sulfone groups is 1. The summed E-state index contributed by atoms with van der Waals surface area (Å²) in [5.74, 6) is 0. The Balaban J connectivity index is 2.59. The molecule has 0 aliphatic rings. The number of para-hydroxylation sites is 1. The fraction of sp³-hybridized carbons (Fsp3) is 0.300. The third-order valence-electron chi connectivity index (χ3n) is 2.49. The molecule has 0 fully saturated rings. The van der Waals surface area contributed by atoms with Gasteiger partial charge < -0.3 is 0 Å².